The summed E-state index contributed by atoms with van der Waals surface area (Å²) in [5.74, 6) is 0.484. The second kappa shape index (κ2) is 10.9. The molecule has 0 bridgehead atoms. The minimum atomic E-state index is 0.484. The fraction of sp³-hybridized carbons (Fsp3) is 0.0625. The Labute approximate surface area is 191 Å². The first-order chi connectivity index (χ1) is 15.8. The summed E-state index contributed by atoms with van der Waals surface area (Å²) in [7, 11) is 0. The molecule has 0 aliphatic heterocycles. The molecular weight excluding hydrogens is 384 g/mol. The molecule has 0 radical (unpaired) electrons. The normalized spacial score (nSPS) is 10.3. The van der Waals surface area contributed by atoms with E-state index in [1.807, 2.05) is 12.1 Å². The maximum Gasteiger partial charge on any atom is 0.00610 e. The van der Waals surface area contributed by atoms with Crippen LogP contribution in [0.3, 0.4) is 0 Å². The summed E-state index contributed by atoms with van der Waals surface area (Å²) in [6.07, 6.45) is 0. The van der Waals surface area contributed by atoms with E-state index in [2.05, 4.69) is 140 Å². The molecule has 0 saturated heterocycles. The molecule has 0 aliphatic carbocycles. The average molecular weight is 413 g/mol. The highest BCUT2D eigenvalue weighted by Gasteiger charge is 2.05. The van der Waals surface area contributed by atoms with Gasteiger partial charge in [-0.3, -0.25) is 0 Å². The lowest BCUT2D eigenvalue weighted by molar-refractivity contribution is 0.922. The number of rotatable bonds is 4. The van der Waals surface area contributed by atoms with Gasteiger partial charge in [0.2, 0.25) is 0 Å². The Kier molecular flexibility index (Phi) is 7.29. The van der Waals surface area contributed by atoms with Crippen LogP contribution in [0.2, 0.25) is 0 Å². The van der Waals surface area contributed by atoms with Gasteiger partial charge in [0, 0.05) is 5.92 Å². The van der Waals surface area contributed by atoms with E-state index < -0.39 is 0 Å². The summed E-state index contributed by atoms with van der Waals surface area (Å²) >= 11 is 0. The van der Waals surface area contributed by atoms with E-state index in [9.17, 15) is 0 Å². The van der Waals surface area contributed by atoms with Crippen molar-refractivity contribution in [3.8, 4) is 22.3 Å². The zero-order valence-corrected chi connectivity index (χ0v) is 18.4. The van der Waals surface area contributed by atoms with E-state index in [4.69, 9.17) is 0 Å². The summed E-state index contributed by atoms with van der Waals surface area (Å²) in [6.45, 7) is 2.24. The molecule has 0 aromatic heterocycles. The Hall–Kier alpha value is -3.90. The van der Waals surface area contributed by atoms with E-state index in [1.54, 1.807) is 0 Å². The highest BCUT2D eigenvalue weighted by Crippen LogP contribution is 2.25. The lowest BCUT2D eigenvalue weighted by Crippen LogP contribution is -1.94. The topological polar surface area (TPSA) is 0 Å². The van der Waals surface area contributed by atoms with Crippen molar-refractivity contribution in [1.29, 1.82) is 0 Å². The minimum Gasteiger partial charge on any atom is -0.0622 e. The minimum absolute atomic E-state index is 0.484. The SMILES string of the molecule is CC(c1ccccc1)c1ccccc1.c1ccc(-c2ccc(-c3ccccc3)cc2)cc1. The average Bonchev–Trinajstić information content (AvgIpc) is 2.91. The van der Waals surface area contributed by atoms with E-state index in [0.717, 1.165) is 0 Å². The number of hydrogen-bond acceptors (Lipinski definition) is 0. The molecular formula is C32H28. The Bertz CT molecular complexity index is 1080. The Balaban J connectivity index is 0.000000158. The van der Waals surface area contributed by atoms with Crippen molar-refractivity contribution in [1.82, 2.24) is 0 Å². The lowest BCUT2D eigenvalue weighted by atomic mass is 9.93. The van der Waals surface area contributed by atoms with Crippen LogP contribution in [-0.2, 0) is 0 Å². The maximum absolute atomic E-state index is 2.24. The zero-order valence-electron chi connectivity index (χ0n) is 18.4. The first-order valence-corrected chi connectivity index (χ1v) is 11.1. The van der Waals surface area contributed by atoms with E-state index in [0.29, 0.717) is 5.92 Å². The van der Waals surface area contributed by atoms with Crippen LogP contribution in [-0.4, -0.2) is 0 Å². The summed E-state index contributed by atoms with van der Waals surface area (Å²) < 4.78 is 0. The van der Waals surface area contributed by atoms with Gasteiger partial charge < -0.3 is 0 Å². The monoisotopic (exact) mass is 412 g/mol. The molecule has 0 heteroatoms. The van der Waals surface area contributed by atoms with Gasteiger partial charge in [0.25, 0.3) is 0 Å². The molecule has 0 spiro atoms. The van der Waals surface area contributed by atoms with E-state index in [-0.39, 0.29) is 0 Å². The molecule has 0 aliphatic rings. The van der Waals surface area contributed by atoms with Crippen molar-refractivity contribution < 1.29 is 0 Å². The summed E-state index contributed by atoms with van der Waals surface area (Å²) in [5.41, 5.74) is 7.79. The predicted molar refractivity (Wildman–Crippen MR) is 138 cm³/mol. The molecule has 32 heavy (non-hydrogen) atoms. The third-order valence-corrected chi connectivity index (χ3v) is 5.70. The molecule has 5 aromatic rings. The fourth-order valence-electron chi connectivity index (χ4n) is 3.79. The third-order valence-electron chi connectivity index (χ3n) is 5.70. The highest BCUT2D eigenvalue weighted by molar-refractivity contribution is 5.70. The largest absolute Gasteiger partial charge is 0.0622 e. The van der Waals surface area contributed by atoms with Crippen LogP contribution >= 0.6 is 0 Å². The Morgan fingerprint density at radius 1 is 0.312 bits per heavy atom. The molecule has 0 fully saturated rings. The van der Waals surface area contributed by atoms with Crippen LogP contribution in [0.4, 0.5) is 0 Å². The maximum atomic E-state index is 2.24. The molecule has 0 unspecified atom stereocenters. The summed E-state index contributed by atoms with van der Waals surface area (Å²) in [6, 6.07) is 50.8. The van der Waals surface area contributed by atoms with Crippen LogP contribution in [0.1, 0.15) is 24.0 Å². The van der Waals surface area contributed by atoms with Crippen LogP contribution in [0.25, 0.3) is 22.3 Å². The van der Waals surface area contributed by atoms with Gasteiger partial charge in [0.15, 0.2) is 0 Å². The molecule has 0 saturated carbocycles. The van der Waals surface area contributed by atoms with Crippen molar-refractivity contribution in [2.24, 2.45) is 0 Å². The van der Waals surface area contributed by atoms with Gasteiger partial charge >= 0.3 is 0 Å². The van der Waals surface area contributed by atoms with Crippen LogP contribution in [0.5, 0.6) is 0 Å². The second-order valence-corrected chi connectivity index (χ2v) is 7.85. The number of benzene rings is 5. The molecule has 5 rings (SSSR count). The predicted octanol–water partition coefficient (Wildman–Crippen LogP) is 8.86. The third kappa shape index (κ3) is 5.62. The van der Waals surface area contributed by atoms with Crippen molar-refractivity contribution >= 4 is 0 Å². The Morgan fingerprint density at radius 2 is 0.562 bits per heavy atom. The molecule has 0 nitrogen and oxygen atoms in total. The molecule has 0 heterocycles. The lowest BCUT2D eigenvalue weighted by Gasteiger charge is -2.11. The molecule has 0 N–H and O–H groups in total. The molecule has 0 atom stereocenters. The zero-order chi connectivity index (χ0) is 22.0. The first kappa shape index (κ1) is 21.3. The quantitative estimate of drug-likeness (QED) is 0.276. The highest BCUT2D eigenvalue weighted by atomic mass is 14.1. The van der Waals surface area contributed by atoms with Crippen LogP contribution < -0.4 is 0 Å². The van der Waals surface area contributed by atoms with Gasteiger partial charge in [-0.2, -0.15) is 0 Å². The van der Waals surface area contributed by atoms with Gasteiger partial charge in [-0.15, -0.1) is 0 Å². The second-order valence-electron chi connectivity index (χ2n) is 7.85. The number of hydrogen-bond donors (Lipinski definition) is 0. The first-order valence-electron chi connectivity index (χ1n) is 11.1. The summed E-state index contributed by atoms with van der Waals surface area (Å²) in [5, 5.41) is 0. The van der Waals surface area contributed by atoms with Crippen molar-refractivity contribution in [2.75, 3.05) is 0 Å². The smallest absolute Gasteiger partial charge is 0.00610 e. The van der Waals surface area contributed by atoms with E-state index in [1.165, 1.54) is 33.4 Å². The molecule has 0 amide bonds. The Morgan fingerprint density at radius 3 is 0.875 bits per heavy atom. The van der Waals surface area contributed by atoms with Crippen LogP contribution in [0.15, 0.2) is 146 Å². The molecule has 156 valence electrons. The van der Waals surface area contributed by atoms with Crippen molar-refractivity contribution in [3.05, 3.63) is 157 Å². The van der Waals surface area contributed by atoms with Crippen molar-refractivity contribution in [2.45, 2.75) is 12.8 Å². The van der Waals surface area contributed by atoms with Crippen LogP contribution in [0, 0.1) is 0 Å². The van der Waals surface area contributed by atoms with E-state index >= 15 is 0 Å². The van der Waals surface area contributed by atoms with Gasteiger partial charge in [0.1, 0.15) is 0 Å². The van der Waals surface area contributed by atoms with Gasteiger partial charge in [-0.25, -0.2) is 0 Å². The standard InChI is InChI=1S/C18H14.C14H14/c1-3-7-15(8-4-1)17-11-13-18(14-12-17)16-9-5-2-6-10-16;1-12(13-8-4-2-5-9-13)14-10-6-3-7-11-14/h1-14H;2-12H,1H3. The van der Waals surface area contributed by atoms with Crippen molar-refractivity contribution in [3.63, 3.8) is 0 Å². The van der Waals surface area contributed by atoms with Gasteiger partial charge in [-0.05, 0) is 33.4 Å². The van der Waals surface area contributed by atoms with Gasteiger partial charge in [0.05, 0.1) is 0 Å². The summed E-state index contributed by atoms with van der Waals surface area (Å²) in [4.78, 5) is 0. The fourth-order valence-corrected chi connectivity index (χ4v) is 3.79. The molecule has 5 aromatic carbocycles. The van der Waals surface area contributed by atoms with Gasteiger partial charge in [-0.1, -0.05) is 153 Å².